The number of amides is 2. The zero-order chi connectivity index (χ0) is 18.5. The number of methoxy groups -OCH3 is 1. The zero-order valence-electron chi connectivity index (χ0n) is 14.7. The van der Waals surface area contributed by atoms with E-state index in [4.69, 9.17) is 4.74 Å². The molecule has 3 aromatic rings. The summed E-state index contributed by atoms with van der Waals surface area (Å²) in [5.74, 6) is 0.216. The Morgan fingerprint density at radius 1 is 1.04 bits per heavy atom. The minimum atomic E-state index is -0.271. The van der Waals surface area contributed by atoms with Gasteiger partial charge < -0.3 is 19.8 Å². The summed E-state index contributed by atoms with van der Waals surface area (Å²) in [6.45, 7) is 2.58. The molecule has 0 bridgehead atoms. The number of fused-ring (bicyclic) bond motifs is 1. The highest BCUT2D eigenvalue weighted by Crippen LogP contribution is 2.11. The number of ether oxygens (including phenoxy) is 1. The van der Waals surface area contributed by atoms with Gasteiger partial charge in [-0.25, -0.2) is 4.98 Å². The highest BCUT2D eigenvalue weighted by atomic mass is 16.5. The molecule has 0 aliphatic rings. The van der Waals surface area contributed by atoms with Crippen LogP contribution in [0.15, 0.2) is 48.7 Å². The van der Waals surface area contributed by atoms with Gasteiger partial charge in [-0.3, -0.25) is 9.59 Å². The number of aryl methyl sites for hydroxylation is 1. The molecular formula is C19H20N4O3. The molecule has 2 N–H and O–H groups in total. The van der Waals surface area contributed by atoms with Crippen LogP contribution in [0, 0.1) is 6.92 Å². The predicted octanol–water partition coefficient (Wildman–Crippen LogP) is 1.81. The summed E-state index contributed by atoms with van der Waals surface area (Å²) < 4.78 is 6.92. The number of hydrogen-bond acceptors (Lipinski definition) is 4. The molecule has 2 aromatic heterocycles. The second-order valence-corrected chi connectivity index (χ2v) is 5.76. The van der Waals surface area contributed by atoms with Crippen molar-refractivity contribution in [3.8, 4) is 5.75 Å². The van der Waals surface area contributed by atoms with Gasteiger partial charge in [0.2, 0.25) is 0 Å². The largest absolute Gasteiger partial charge is 0.497 e. The molecule has 3 rings (SSSR count). The van der Waals surface area contributed by atoms with Crippen LogP contribution < -0.4 is 15.4 Å². The van der Waals surface area contributed by atoms with Gasteiger partial charge in [0, 0.05) is 30.5 Å². The molecule has 0 saturated heterocycles. The summed E-state index contributed by atoms with van der Waals surface area (Å²) in [6.07, 6.45) is 1.70. The fourth-order valence-electron chi connectivity index (χ4n) is 2.54. The second kappa shape index (κ2) is 7.69. The lowest BCUT2D eigenvalue weighted by atomic mass is 10.2. The average molecular weight is 352 g/mol. The molecule has 0 aliphatic heterocycles. The number of carbonyl (C=O) groups is 2. The molecule has 134 valence electrons. The van der Waals surface area contributed by atoms with E-state index >= 15 is 0 Å². The first-order valence-electron chi connectivity index (χ1n) is 8.23. The van der Waals surface area contributed by atoms with Gasteiger partial charge in [0.25, 0.3) is 11.8 Å². The maximum absolute atomic E-state index is 12.2. The maximum Gasteiger partial charge on any atom is 0.271 e. The van der Waals surface area contributed by atoms with Crippen molar-refractivity contribution in [2.24, 2.45) is 0 Å². The Morgan fingerprint density at radius 3 is 2.38 bits per heavy atom. The monoisotopic (exact) mass is 352 g/mol. The third-order valence-corrected chi connectivity index (χ3v) is 3.98. The van der Waals surface area contributed by atoms with E-state index in [9.17, 15) is 9.59 Å². The van der Waals surface area contributed by atoms with Gasteiger partial charge in [0.15, 0.2) is 0 Å². The first-order chi connectivity index (χ1) is 12.6. The van der Waals surface area contributed by atoms with Crippen molar-refractivity contribution in [1.29, 1.82) is 0 Å². The van der Waals surface area contributed by atoms with Crippen LogP contribution in [0.4, 0.5) is 0 Å². The molecule has 1 aromatic carbocycles. The van der Waals surface area contributed by atoms with Gasteiger partial charge in [-0.05, 0) is 43.3 Å². The van der Waals surface area contributed by atoms with Gasteiger partial charge >= 0.3 is 0 Å². The average Bonchev–Trinajstić information content (AvgIpc) is 3.11. The highest BCUT2D eigenvalue weighted by molar-refractivity contribution is 5.94. The summed E-state index contributed by atoms with van der Waals surface area (Å²) >= 11 is 0. The molecule has 0 atom stereocenters. The van der Waals surface area contributed by atoms with E-state index in [0.29, 0.717) is 30.1 Å². The molecule has 2 amide bonds. The van der Waals surface area contributed by atoms with Crippen LogP contribution in [-0.2, 0) is 0 Å². The summed E-state index contributed by atoms with van der Waals surface area (Å²) in [6, 6.07) is 12.5. The molecule has 0 spiro atoms. The van der Waals surface area contributed by atoms with Crippen molar-refractivity contribution >= 4 is 17.5 Å². The molecule has 7 heteroatoms. The summed E-state index contributed by atoms with van der Waals surface area (Å²) in [7, 11) is 1.57. The van der Waals surface area contributed by atoms with Crippen LogP contribution in [0.2, 0.25) is 0 Å². The SMILES string of the molecule is COc1ccc(C(=O)NCCNC(=O)c2cn3c(C)cccc3n2)cc1. The van der Waals surface area contributed by atoms with Crippen LogP contribution >= 0.6 is 0 Å². The number of imidazole rings is 1. The number of nitrogens with one attached hydrogen (secondary N) is 2. The van der Waals surface area contributed by atoms with Crippen LogP contribution in [0.3, 0.4) is 0 Å². The van der Waals surface area contributed by atoms with Crippen molar-refractivity contribution in [2.75, 3.05) is 20.2 Å². The third kappa shape index (κ3) is 3.83. The van der Waals surface area contributed by atoms with Crippen molar-refractivity contribution < 1.29 is 14.3 Å². The van der Waals surface area contributed by atoms with Gasteiger partial charge in [-0.2, -0.15) is 0 Å². The summed E-state index contributed by atoms with van der Waals surface area (Å²) in [5.41, 5.74) is 2.61. The lowest BCUT2D eigenvalue weighted by molar-refractivity contribution is 0.0925. The predicted molar refractivity (Wildman–Crippen MR) is 97.6 cm³/mol. The number of benzene rings is 1. The zero-order valence-corrected chi connectivity index (χ0v) is 14.7. The normalized spacial score (nSPS) is 10.5. The van der Waals surface area contributed by atoms with E-state index in [-0.39, 0.29) is 11.8 Å². The highest BCUT2D eigenvalue weighted by Gasteiger charge is 2.11. The first-order valence-corrected chi connectivity index (χ1v) is 8.23. The molecule has 26 heavy (non-hydrogen) atoms. The smallest absolute Gasteiger partial charge is 0.271 e. The van der Waals surface area contributed by atoms with E-state index in [2.05, 4.69) is 15.6 Å². The van der Waals surface area contributed by atoms with E-state index in [0.717, 1.165) is 11.3 Å². The van der Waals surface area contributed by atoms with Gasteiger partial charge in [-0.15, -0.1) is 0 Å². The number of carbonyl (C=O) groups excluding carboxylic acids is 2. The van der Waals surface area contributed by atoms with Crippen molar-refractivity contribution in [3.05, 3.63) is 65.6 Å². The summed E-state index contributed by atoms with van der Waals surface area (Å²) in [5, 5.41) is 5.51. The molecule has 7 nitrogen and oxygen atoms in total. The number of aromatic nitrogens is 2. The molecular weight excluding hydrogens is 332 g/mol. The van der Waals surface area contributed by atoms with Crippen LogP contribution in [0.25, 0.3) is 5.65 Å². The Bertz CT molecular complexity index is 932. The lowest BCUT2D eigenvalue weighted by Crippen LogP contribution is -2.34. The molecule has 0 unspecified atom stereocenters. The van der Waals surface area contributed by atoms with E-state index < -0.39 is 0 Å². The lowest BCUT2D eigenvalue weighted by Gasteiger charge is -2.07. The molecule has 0 saturated carbocycles. The van der Waals surface area contributed by atoms with Crippen LogP contribution in [-0.4, -0.2) is 41.4 Å². The third-order valence-electron chi connectivity index (χ3n) is 3.98. The van der Waals surface area contributed by atoms with Gasteiger partial charge in [-0.1, -0.05) is 6.07 Å². The van der Waals surface area contributed by atoms with Crippen LogP contribution in [0.5, 0.6) is 5.75 Å². The second-order valence-electron chi connectivity index (χ2n) is 5.76. The number of hydrogen-bond donors (Lipinski definition) is 2. The van der Waals surface area contributed by atoms with Crippen LogP contribution in [0.1, 0.15) is 26.5 Å². The first kappa shape index (κ1) is 17.5. The van der Waals surface area contributed by atoms with E-state index in [1.54, 1.807) is 37.6 Å². The van der Waals surface area contributed by atoms with E-state index in [1.807, 2.05) is 29.5 Å². The minimum Gasteiger partial charge on any atom is -0.497 e. The number of rotatable bonds is 6. The maximum atomic E-state index is 12.2. The van der Waals surface area contributed by atoms with E-state index in [1.165, 1.54) is 0 Å². The number of nitrogens with zero attached hydrogens (tertiary/aromatic N) is 2. The fraction of sp³-hybridized carbons (Fsp3) is 0.211. The topological polar surface area (TPSA) is 84.7 Å². The quantitative estimate of drug-likeness (QED) is 0.663. The Hall–Kier alpha value is -3.35. The fourth-order valence-corrected chi connectivity index (χ4v) is 2.54. The summed E-state index contributed by atoms with van der Waals surface area (Å²) in [4.78, 5) is 28.5. The minimum absolute atomic E-state index is 0.203. The standard InChI is InChI=1S/C19H20N4O3/c1-13-4-3-5-17-22-16(12-23(13)17)19(25)21-11-10-20-18(24)14-6-8-15(26-2)9-7-14/h3-9,12H,10-11H2,1-2H3,(H,20,24)(H,21,25). The Labute approximate surface area is 151 Å². The Balaban J connectivity index is 1.50. The molecule has 2 heterocycles. The van der Waals surface area contributed by atoms with Crippen molar-refractivity contribution in [3.63, 3.8) is 0 Å². The molecule has 0 radical (unpaired) electrons. The van der Waals surface area contributed by atoms with Gasteiger partial charge in [0.1, 0.15) is 17.1 Å². The molecule has 0 aliphatic carbocycles. The van der Waals surface area contributed by atoms with Crippen molar-refractivity contribution in [2.45, 2.75) is 6.92 Å². The Kier molecular flexibility index (Phi) is 5.17. The Morgan fingerprint density at radius 2 is 1.73 bits per heavy atom. The molecule has 0 fully saturated rings. The van der Waals surface area contributed by atoms with Gasteiger partial charge in [0.05, 0.1) is 7.11 Å². The number of pyridine rings is 1. The van der Waals surface area contributed by atoms with Crippen molar-refractivity contribution in [1.82, 2.24) is 20.0 Å².